The highest BCUT2D eigenvalue weighted by molar-refractivity contribution is 7.07. The summed E-state index contributed by atoms with van der Waals surface area (Å²) in [5, 5.41) is 5.52. The zero-order valence-electron chi connectivity index (χ0n) is 9.08. The van der Waals surface area contributed by atoms with E-state index in [-0.39, 0.29) is 0 Å². The van der Waals surface area contributed by atoms with E-state index in [9.17, 15) is 0 Å². The minimum absolute atomic E-state index is 0.441. The first-order valence-corrected chi connectivity index (χ1v) is 5.98. The van der Waals surface area contributed by atoms with Crippen LogP contribution in [0.4, 0.5) is 0 Å². The Morgan fingerprint density at radius 1 is 1.71 bits per heavy atom. The molecule has 1 aromatic heterocycles. The van der Waals surface area contributed by atoms with E-state index >= 15 is 0 Å². The fraction of sp³-hybridized carbons (Fsp3) is 0.545. The Bertz CT molecular complexity index is 277. The van der Waals surface area contributed by atoms with E-state index in [1.54, 1.807) is 11.3 Å². The second-order valence-corrected chi connectivity index (χ2v) is 4.20. The molecule has 0 saturated heterocycles. The van der Waals surface area contributed by atoms with Crippen LogP contribution in [0.1, 0.15) is 32.9 Å². The van der Waals surface area contributed by atoms with E-state index in [0.717, 1.165) is 12.2 Å². The van der Waals surface area contributed by atoms with Crippen LogP contribution in [0.2, 0.25) is 0 Å². The summed E-state index contributed by atoms with van der Waals surface area (Å²) in [7, 11) is 0. The number of nitrogens with one attached hydrogen (secondary N) is 1. The Labute approximate surface area is 90.1 Å². The summed E-state index contributed by atoms with van der Waals surface area (Å²) >= 11 is 1.64. The maximum absolute atomic E-state index is 4.23. The van der Waals surface area contributed by atoms with Crippen LogP contribution in [0.15, 0.2) is 16.5 Å². The van der Waals surface area contributed by atoms with Crippen LogP contribution in [0.25, 0.3) is 6.08 Å². The molecule has 0 radical (unpaired) electrons. The fourth-order valence-corrected chi connectivity index (χ4v) is 1.68. The number of aromatic nitrogens is 1. The molecule has 0 saturated carbocycles. The van der Waals surface area contributed by atoms with Gasteiger partial charge < -0.3 is 5.32 Å². The van der Waals surface area contributed by atoms with Crippen molar-refractivity contribution in [2.45, 2.75) is 33.2 Å². The minimum atomic E-state index is 0.441. The summed E-state index contributed by atoms with van der Waals surface area (Å²) in [6, 6.07) is 0.441. The van der Waals surface area contributed by atoms with Crippen molar-refractivity contribution in [2.75, 3.05) is 6.54 Å². The third-order valence-electron chi connectivity index (χ3n) is 2.21. The first-order valence-electron chi connectivity index (χ1n) is 5.03. The van der Waals surface area contributed by atoms with Crippen molar-refractivity contribution in [1.82, 2.24) is 10.3 Å². The second-order valence-electron chi connectivity index (χ2n) is 3.48. The zero-order valence-corrected chi connectivity index (χ0v) is 9.90. The predicted octanol–water partition coefficient (Wildman–Crippen LogP) is 2.93. The fourth-order valence-electron chi connectivity index (χ4n) is 1.17. The molecule has 0 aliphatic heterocycles. The Balaban J connectivity index is 2.51. The Morgan fingerprint density at radius 2 is 2.50 bits per heavy atom. The molecule has 1 N–H and O–H groups in total. The second kappa shape index (κ2) is 5.94. The van der Waals surface area contributed by atoms with Crippen LogP contribution in [0.3, 0.4) is 0 Å². The SMILES string of the molecule is CCCNC(C)C(C)=Cc1cscn1. The molecular formula is C11H18N2S. The molecule has 14 heavy (non-hydrogen) atoms. The van der Waals surface area contributed by atoms with Gasteiger partial charge in [-0.2, -0.15) is 0 Å². The molecule has 0 aliphatic rings. The van der Waals surface area contributed by atoms with Crippen molar-refractivity contribution in [1.29, 1.82) is 0 Å². The lowest BCUT2D eigenvalue weighted by atomic mass is 10.1. The van der Waals surface area contributed by atoms with Gasteiger partial charge in [-0.3, -0.25) is 0 Å². The molecule has 1 heterocycles. The normalized spacial score (nSPS) is 14.4. The van der Waals surface area contributed by atoms with Gasteiger partial charge in [0.2, 0.25) is 0 Å². The summed E-state index contributed by atoms with van der Waals surface area (Å²) in [5.74, 6) is 0. The van der Waals surface area contributed by atoms with Crippen LogP contribution < -0.4 is 5.32 Å². The molecule has 3 heteroatoms. The van der Waals surface area contributed by atoms with Crippen molar-refractivity contribution in [3.63, 3.8) is 0 Å². The number of hydrogen-bond donors (Lipinski definition) is 1. The van der Waals surface area contributed by atoms with Crippen molar-refractivity contribution in [3.05, 3.63) is 22.2 Å². The number of nitrogens with zero attached hydrogens (tertiary/aromatic N) is 1. The first-order chi connectivity index (χ1) is 6.74. The monoisotopic (exact) mass is 210 g/mol. The van der Waals surface area contributed by atoms with Gasteiger partial charge in [-0.15, -0.1) is 11.3 Å². The zero-order chi connectivity index (χ0) is 10.4. The molecule has 1 rings (SSSR count). The van der Waals surface area contributed by atoms with Gasteiger partial charge in [-0.1, -0.05) is 12.5 Å². The third-order valence-corrected chi connectivity index (χ3v) is 2.82. The van der Waals surface area contributed by atoms with E-state index in [1.807, 2.05) is 5.51 Å². The maximum atomic E-state index is 4.23. The molecule has 2 nitrogen and oxygen atoms in total. The van der Waals surface area contributed by atoms with Gasteiger partial charge in [0.15, 0.2) is 0 Å². The molecule has 1 atom stereocenters. The van der Waals surface area contributed by atoms with Crippen LogP contribution in [0, 0.1) is 0 Å². The summed E-state index contributed by atoms with van der Waals surface area (Å²) < 4.78 is 0. The maximum Gasteiger partial charge on any atom is 0.0798 e. The van der Waals surface area contributed by atoms with Gasteiger partial charge >= 0.3 is 0 Å². The smallest absolute Gasteiger partial charge is 0.0798 e. The molecule has 1 aromatic rings. The Kier molecular flexibility index (Phi) is 4.84. The summed E-state index contributed by atoms with van der Waals surface area (Å²) in [5.41, 5.74) is 4.27. The molecular weight excluding hydrogens is 192 g/mol. The van der Waals surface area contributed by atoms with Gasteiger partial charge in [0.05, 0.1) is 11.2 Å². The van der Waals surface area contributed by atoms with Crippen molar-refractivity contribution in [2.24, 2.45) is 0 Å². The minimum Gasteiger partial charge on any atom is -0.311 e. The average molecular weight is 210 g/mol. The molecule has 0 fully saturated rings. The summed E-state index contributed by atoms with van der Waals surface area (Å²) in [6.07, 6.45) is 3.32. The highest BCUT2D eigenvalue weighted by Crippen LogP contribution is 2.09. The van der Waals surface area contributed by atoms with Crippen molar-refractivity contribution < 1.29 is 0 Å². The predicted molar refractivity (Wildman–Crippen MR) is 63.5 cm³/mol. The largest absolute Gasteiger partial charge is 0.311 e. The summed E-state index contributed by atoms with van der Waals surface area (Å²) in [4.78, 5) is 4.23. The van der Waals surface area contributed by atoms with E-state index in [1.165, 1.54) is 12.0 Å². The molecule has 0 aromatic carbocycles. The lowest BCUT2D eigenvalue weighted by Gasteiger charge is -2.13. The lowest BCUT2D eigenvalue weighted by Crippen LogP contribution is -2.27. The lowest BCUT2D eigenvalue weighted by molar-refractivity contribution is 0.604. The standard InChI is InChI=1S/C11H18N2S/c1-4-5-12-10(3)9(2)6-11-7-14-8-13-11/h6-8,10,12H,4-5H2,1-3H3. The van der Waals surface area contributed by atoms with E-state index in [0.29, 0.717) is 6.04 Å². The molecule has 78 valence electrons. The topological polar surface area (TPSA) is 24.9 Å². The molecule has 1 unspecified atom stereocenters. The number of hydrogen-bond acceptors (Lipinski definition) is 3. The van der Waals surface area contributed by atoms with E-state index < -0.39 is 0 Å². The van der Waals surface area contributed by atoms with Gasteiger partial charge in [-0.25, -0.2) is 4.98 Å². The highest BCUT2D eigenvalue weighted by atomic mass is 32.1. The van der Waals surface area contributed by atoms with Gasteiger partial charge in [0, 0.05) is 11.4 Å². The molecule has 0 aliphatic carbocycles. The summed E-state index contributed by atoms with van der Waals surface area (Å²) in [6.45, 7) is 7.59. The van der Waals surface area contributed by atoms with E-state index in [2.05, 4.69) is 42.5 Å². The number of thiazole rings is 1. The van der Waals surface area contributed by atoms with Gasteiger partial charge in [0.1, 0.15) is 0 Å². The molecule has 0 bridgehead atoms. The average Bonchev–Trinajstić information content (AvgIpc) is 2.66. The van der Waals surface area contributed by atoms with Crippen molar-refractivity contribution >= 4 is 17.4 Å². The van der Waals surface area contributed by atoms with Crippen LogP contribution in [-0.2, 0) is 0 Å². The first kappa shape index (κ1) is 11.4. The Hall–Kier alpha value is -0.670. The van der Waals surface area contributed by atoms with Crippen molar-refractivity contribution in [3.8, 4) is 0 Å². The van der Waals surface area contributed by atoms with Crippen LogP contribution >= 0.6 is 11.3 Å². The molecule has 0 spiro atoms. The van der Waals surface area contributed by atoms with Gasteiger partial charge in [0.25, 0.3) is 0 Å². The number of rotatable bonds is 5. The van der Waals surface area contributed by atoms with Crippen LogP contribution in [0.5, 0.6) is 0 Å². The van der Waals surface area contributed by atoms with Gasteiger partial charge in [-0.05, 0) is 32.9 Å². The highest BCUT2D eigenvalue weighted by Gasteiger charge is 2.02. The van der Waals surface area contributed by atoms with Crippen LogP contribution in [-0.4, -0.2) is 17.6 Å². The quantitative estimate of drug-likeness (QED) is 0.808. The third kappa shape index (κ3) is 3.60. The van der Waals surface area contributed by atoms with E-state index in [4.69, 9.17) is 0 Å². The Morgan fingerprint density at radius 3 is 3.07 bits per heavy atom. The molecule has 0 amide bonds.